The van der Waals surface area contributed by atoms with Crippen molar-refractivity contribution in [2.75, 3.05) is 23.9 Å². The summed E-state index contributed by atoms with van der Waals surface area (Å²) in [6.07, 6.45) is 3.07. The van der Waals surface area contributed by atoms with Gasteiger partial charge in [-0.05, 0) is 56.5 Å². The maximum Gasteiger partial charge on any atom is 0.415 e. The number of ether oxygens (including phenoxy) is 1. The second kappa shape index (κ2) is 9.74. The number of hydrogen-bond donors (Lipinski definition) is 1. The van der Waals surface area contributed by atoms with E-state index in [-0.39, 0.29) is 18.5 Å². The number of carbonyl (C=O) groups is 1. The summed E-state index contributed by atoms with van der Waals surface area (Å²) in [6.45, 7) is 5.05. The molecule has 1 amide bonds. The fourth-order valence-electron chi connectivity index (χ4n) is 3.84. The van der Waals surface area contributed by atoms with Gasteiger partial charge in [-0.2, -0.15) is 4.98 Å². The highest BCUT2D eigenvalue weighted by Crippen LogP contribution is 2.30. The monoisotopic (exact) mass is 470 g/mol. The fourth-order valence-corrected chi connectivity index (χ4v) is 3.84. The highest BCUT2D eigenvalue weighted by atomic mass is 19.1. The molecule has 0 saturated heterocycles. The van der Waals surface area contributed by atoms with Crippen LogP contribution in [0.5, 0.6) is 0 Å². The zero-order valence-corrected chi connectivity index (χ0v) is 19.6. The predicted molar refractivity (Wildman–Crippen MR) is 124 cm³/mol. The van der Waals surface area contributed by atoms with Crippen molar-refractivity contribution in [1.29, 1.82) is 0 Å². The van der Waals surface area contributed by atoms with E-state index in [9.17, 15) is 13.6 Å². The molecule has 0 unspecified atom stereocenters. The molecule has 0 spiro atoms. The summed E-state index contributed by atoms with van der Waals surface area (Å²) >= 11 is 0. The number of nitrogens with one attached hydrogen (secondary N) is 1. The zero-order chi connectivity index (χ0) is 24.4. The summed E-state index contributed by atoms with van der Waals surface area (Å²) in [6, 6.07) is 6.17. The van der Waals surface area contributed by atoms with Crippen molar-refractivity contribution >= 4 is 17.9 Å². The number of halogens is 2. The molecule has 1 aromatic carbocycles. The van der Waals surface area contributed by atoms with Gasteiger partial charge in [0.05, 0.1) is 30.4 Å². The van der Waals surface area contributed by atoms with Crippen LogP contribution in [0.4, 0.5) is 25.3 Å². The molecular formula is C24H28F2N6O2. The fraction of sp³-hybridized carbons (Fsp3) is 0.417. The number of rotatable bonds is 7. The molecule has 2 aromatic heterocycles. The van der Waals surface area contributed by atoms with Gasteiger partial charge in [0.15, 0.2) is 0 Å². The van der Waals surface area contributed by atoms with Crippen LogP contribution in [0.3, 0.4) is 0 Å². The number of fused-ring (bicyclic) bond motifs is 3. The smallest absolute Gasteiger partial charge is 0.415 e. The lowest BCUT2D eigenvalue weighted by Gasteiger charge is -2.22. The van der Waals surface area contributed by atoms with E-state index in [0.717, 1.165) is 35.5 Å². The molecule has 0 fully saturated rings. The van der Waals surface area contributed by atoms with Gasteiger partial charge in [-0.3, -0.25) is 4.90 Å². The Balaban J connectivity index is 1.46. The van der Waals surface area contributed by atoms with Crippen molar-refractivity contribution in [3.63, 3.8) is 0 Å². The predicted octanol–water partition coefficient (Wildman–Crippen LogP) is 4.64. The Kier molecular flexibility index (Phi) is 6.76. The van der Waals surface area contributed by atoms with Crippen molar-refractivity contribution in [3.05, 3.63) is 59.6 Å². The first kappa shape index (κ1) is 23.6. The maximum atomic E-state index is 13.6. The number of benzene rings is 1. The van der Waals surface area contributed by atoms with Crippen LogP contribution in [-0.4, -0.2) is 45.4 Å². The second-order valence-corrected chi connectivity index (χ2v) is 8.61. The molecule has 1 aliphatic rings. The van der Waals surface area contributed by atoms with Crippen LogP contribution in [0.1, 0.15) is 43.8 Å². The van der Waals surface area contributed by atoms with Crippen LogP contribution in [0.25, 0.3) is 5.69 Å². The van der Waals surface area contributed by atoms with Gasteiger partial charge in [-0.1, -0.05) is 6.92 Å². The summed E-state index contributed by atoms with van der Waals surface area (Å²) in [5, 5.41) is 3.24. The number of imidazole rings is 1. The molecule has 1 aliphatic heterocycles. The largest absolute Gasteiger partial charge is 0.449 e. The van der Waals surface area contributed by atoms with Gasteiger partial charge in [0.1, 0.15) is 17.8 Å². The average molecular weight is 471 g/mol. The van der Waals surface area contributed by atoms with Crippen LogP contribution in [0, 0.1) is 11.7 Å². The summed E-state index contributed by atoms with van der Waals surface area (Å²) in [5.74, 6) is 0.0384. The van der Waals surface area contributed by atoms with Crippen molar-refractivity contribution in [2.45, 2.75) is 45.8 Å². The van der Waals surface area contributed by atoms with Crippen molar-refractivity contribution < 1.29 is 18.3 Å². The summed E-state index contributed by atoms with van der Waals surface area (Å²) in [5.41, 5.74) is 3.79. The van der Waals surface area contributed by atoms with Crippen molar-refractivity contribution in [1.82, 2.24) is 19.5 Å². The van der Waals surface area contributed by atoms with E-state index in [2.05, 4.69) is 20.3 Å². The van der Waals surface area contributed by atoms with Crippen molar-refractivity contribution in [2.24, 2.45) is 5.92 Å². The Bertz CT molecular complexity index is 1180. The number of alkyl halides is 1. The number of aryl methyl sites for hydroxylation is 1. The Labute approximate surface area is 197 Å². The van der Waals surface area contributed by atoms with Gasteiger partial charge in [-0.15, -0.1) is 0 Å². The van der Waals surface area contributed by atoms with Crippen LogP contribution >= 0.6 is 0 Å². The van der Waals surface area contributed by atoms with E-state index in [1.54, 1.807) is 37.6 Å². The van der Waals surface area contributed by atoms with Crippen molar-refractivity contribution in [3.8, 4) is 5.69 Å². The highest BCUT2D eigenvalue weighted by Gasteiger charge is 2.24. The SMILES string of the molecule is C[C@H](Nc1nccc(N(C)C(=O)OC[C@@H](C)[C@H](C)F)n1)c1ncn2c1CCc1cc(F)ccc1-2. The quantitative estimate of drug-likeness (QED) is 0.542. The third-order valence-corrected chi connectivity index (χ3v) is 6.10. The number of nitrogens with zero attached hydrogens (tertiary/aromatic N) is 5. The maximum absolute atomic E-state index is 13.6. The number of hydrogen-bond acceptors (Lipinski definition) is 6. The van der Waals surface area contributed by atoms with Gasteiger partial charge in [0.25, 0.3) is 0 Å². The van der Waals surface area contributed by atoms with E-state index >= 15 is 0 Å². The summed E-state index contributed by atoms with van der Waals surface area (Å²) in [4.78, 5) is 26.9. The lowest BCUT2D eigenvalue weighted by atomic mass is 9.99. The van der Waals surface area contributed by atoms with E-state index in [0.29, 0.717) is 11.8 Å². The molecule has 0 bridgehead atoms. The van der Waals surface area contributed by atoms with Crippen LogP contribution < -0.4 is 10.2 Å². The van der Waals surface area contributed by atoms with E-state index in [1.165, 1.54) is 24.9 Å². The molecule has 1 N–H and O–H groups in total. The standard InChI is InChI=1S/C24H28F2N6O2/c1-14(15(2)25)12-34-24(33)31(4)21-9-10-27-23(30-21)29-16(3)22-20-7-5-17-11-18(26)6-8-19(17)32(20)13-28-22/h6,8-11,13-16H,5,7,12H2,1-4H3,(H,27,29,30)/t14-,15+,16+/m1/s1. The first-order valence-electron chi connectivity index (χ1n) is 11.2. The van der Waals surface area contributed by atoms with Gasteiger partial charge in [0, 0.05) is 24.9 Å². The molecule has 180 valence electrons. The minimum absolute atomic E-state index is 0.0186. The van der Waals surface area contributed by atoms with Gasteiger partial charge in [0.2, 0.25) is 5.95 Å². The van der Waals surface area contributed by atoms with Crippen LogP contribution in [0.15, 0.2) is 36.8 Å². The molecule has 10 heteroatoms. The molecule has 8 nitrogen and oxygen atoms in total. The Hall–Kier alpha value is -3.56. The lowest BCUT2D eigenvalue weighted by Crippen LogP contribution is -2.30. The number of carbonyl (C=O) groups excluding carboxylic acids is 1. The summed E-state index contributed by atoms with van der Waals surface area (Å²) in [7, 11) is 1.54. The van der Waals surface area contributed by atoms with Gasteiger partial charge < -0.3 is 14.6 Å². The number of aromatic nitrogens is 4. The summed E-state index contributed by atoms with van der Waals surface area (Å²) < 4.78 is 34.1. The topological polar surface area (TPSA) is 85.2 Å². The second-order valence-electron chi connectivity index (χ2n) is 8.61. The Morgan fingerprint density at radius 1 is 1.24 bits per heavy atom. The third-order valence-electron chi connectivity index (χ3n) is 6.10. The molecule has 0 radical (unpaired) electrons. The number of anilines is 2. The molecule has 3 heterocycles. The molecule has 0 saturated carbocycles. The first-order chi connectivity index (χ1) is 16.2. The molecule has 4 rings (SSSR count). The minimum Gasteiger partial charge on any atom is -0.449 e. The van der Waals surface area contributed by atoms with Gasteiger partial charge >= 0.3 is 6.09 Å². The van der Waals surface area contributed by atoms with E-state index in [1.807, 2.05) is 11.5 Å². The Morgan fingerprint density at radius 2 is 2.03 bits per heavy atom. The van der Waals surface area contributed by atoms with E-state index < -0.39 is 18.2 Å². The highest BCUT2D eigenvalue weighted by molar-refractivity contribution is 5.85. The number of amides is 1. The zero-order valence-electron chi connectivity index (χ0n) is 19.6. The molecule has 3 atom stereocenters. The normalized spacial score (nSPS) is 15.0. The van der Waals surface area contributed by atoms with Gasteiger partial charge in [-0.25, -0.2) is 23.5 Å². The third kappa shape index (κ3) is 4.85. The van der Waals surface area contributed by atoms with Crippen LogP contribution in [0.2, 0.25) is 0 Å². The molecular weight excluding hydrogens is 442 g/mol. The van der Waals surface area contributed by atoms with Crippen LogP contribution in [-0.2, 0) is 17.6 Å². The first-order valence-corrected chi connectivity index (χ1v) is 11.2. The Morgan fingerprint density at radius 3 is 2.79 bits per heavy atom. The lowest BCUT2D eigenvalue weighted by molar-refractivity contribution is 0.114. The minimum atomic E-state index is -1.07. The molecule has 0 aliphatic carbocycles. The molecule has 3 aromatic rings. The van der Waals surface area contributed by atoms with E-state index in [4.69, 9.17) is 4.74 Å². The molecule has 34 heavy (non-hydrogen) atoms. The average Bonchev–Trinajstić information content (AvgIpc) is 3.26.